The highest BCUT2D eigenvalue weighted by Gasteiger charge is 2.03. The Labute approximate surface area is 104 Å². The van der Waals surface area contributed by atoms with Crippen LogP contribution in [0.15, 0.2) is 35.1 Å². The third-order valence-corrected chi connectivity index (χ3v) is 3.60. The number of nitrogens with one attached hydrogen (secondary N) is 1. The molecule has 0 amide bonds. The molecule has 0 saturated heterocycles. The zero-order chi connectivity index (χ0) is 11.5. The maximum atomic E-state index is 4.27. The summed E-state index contributed by atoms with van der Waals surface area (Å²) in [5.41, 5.74) is 2.33. The Hall–Kier alpha value is -1.29. The van der Waals surface area contributed by atoms with E-state index in [0.717, 1.165) is 22.5 Å². The number of nitrogens with zero attached hydrogens (tertiary/aromatic N) is 2. The van der Waals surface area contributed by atoms with E-state index in [9.17, 15) is 0 Å². The molecule has 2 rings (SSSR count). The Kier molecular flexibility index (Phi) is 3.29. The largest absolute Gasteiger partial charge is 0.377 e. The normalized spacial score (nSPS) is 10.4. The summed E-state index contributed by atoms with van der Waals surface area (Å²) in [6.45, 7) is 2.81. The highest BCUT2D eigenvalue weighted by atomic mass is 79.9. The van der Waals surface area contributed by atoms with Gasteiger partial charge in [0, 0.05) is 29.6 Å². The second-order valence-electron chi connectivity index (χ2n) is 3.74. The van der Waals surface area contributed by atoms with Crippen LogP contribution < -0.4 is 5.32 Å². The third-order valence-electron chi connectivity index (χ3n) is 2.55. The summed E-state index contributed by atoms with van der Waals surface area (Å²) >= 11 is 3.57. The number of imidazole rings is 1. The van der Waals surface area contributed by atoms with Gasteiger partial charge in [-0.05, 0) is 34.5 Å². The van der Waals surface area contributed by atoms with Gasteiger partial charge in [-0.15, -0.1) is 0 Å². The average molecular weight is 280 g/mol. The van der Waals surface area contributed by atoms with E-state index in [2.05, 4.69) is 45.3 Å². The molecule has 0 radical (unpaired) electrons. The fourth-order valence-corrected chi connectivity index (χ4v) is 1.93. The molecule has 0 saturated carbocycles. The Bertz CT molecular complexity index is 491. The topological polar surface area (TPSA) is 29.9 Å². The van der Waals surface area contributed by atoms with E-state index in [4.69, 9.17) is 0 Å². The predicted molar refractivity (Wildman–Crippen MR) is 69.4 cm³/mol. The molecule has 1 aromatic carbocycles. The van der Waals surface area contributed by atoms with Gasteiger partial charge in [-0.3, -0.25) is 0 Å². The van der Waals surface area contributed by atoms with E-state index >= 15 is 0 Å². The van der Waals surface area contributed by atoms with Gasteiger partial charge in [0.15, 0.2) is 0 Å². The van der Waals surface area contributed by atoms with Crippen LogP contribution in [0.3, 0.4) is 0 Å². The van der Waals surface area contributed by atoms with Crippen molar-refractivity contribution >= 4 is 21.6 Å². The Morgan fingerprint density at radius 1 is 1.44 bits per heavy atom. The molecule has 0 fully saturated rings. The Balaban J connectivity index is 2.11. The van der Waals surface area contributed by atoms with Crippen molar-refractivity contribution in [2.24, 2.45) is 7.05 Å². The molecule has 4 heteroatoms. The van der Waals surface area contributed by atoms with E-state index in [1.807, 2.05) is 30.1 Å². The summed E-state index contributed by atoms with van der Waals surface area (Å²) in [4.78, 5) is 4.27. The number of halogens is 1. The van der Waals surface area contributed by atoms with Crippen LogP contribution in [-0.2, 0) is 13.6 Å². The molecule has 0 atom stereocenters. The van der Waals surface area contributed by atoms with Gasteiger partial charge >= 0.3 is 0 Å². The highest BCUT2D eigenvalue weighted by molar-refractivity contribution is 9.10. The third kappa shape index (κ3) is 2.27. The summed E-state index contributed by atoms with van der Waals surface area (Å²) < 4.78 is 3.13. The highest BCUT2D eigenvalue weighted by Crippen LogP contribution is 2.25. The van der Waals surface area contributed by atoms with Crippen LogP contribution in [0.2, 0.25) is 0 Å². The number of aromatic nitrogens is 2. The van der Waals surface area contributed by atoms with Crippen LogP contribution in [0, 0.1) is 6.92 Å². The summed E-state index contributed by atoms with van der Waals surface area (Å²) in [7, 11) is 2.00. The van der Waals surface area contributed by atoms with Crippen molar-refractivity contribution in [3.8, 4) is 0 Å². The summed E-state index contributed by atoms with van der Waals surface area (Å²) in [5.74, 6) is 1.02. The van der Waals surface area contributed by atoms with E-state index in [1.54, 1.807) is 0 Å². The summed E-state index contributed by atoms with van der Waals surface area (Å²) in [6, 6.07) is 6.18. The summed E-state index contributed by atoms with van der Waals surface area (Å²) in [6.07, 6.45) is 3.75. The van der Waals surface area contributed by atoms with Crippen LogP contribution in [0.4, 0.5) is 5.69 Å². The second-order valence-corrected chi connectivity index (χ2v) is 4.54. The fraction of sp³-hybridized carbons (Fsp3) is 0.250. The van der Waals surface area contributed by atoms with Crippen molar-refractivity contribution in [1.29, 1.82) is 0 Å². The van der Waals surface area contributed by atoms with E-state index < -0.39 is 0 Å². The van der Waals surface area contributed by atoms with Gasteiger partial charge in [0.1, 0.15) is 5.82 Å². The molecule has 1 N–H and O–H groups in total. The molecule has 2 aromatic rings. The minimum absolute atomic E-state index is 0.728. The summed E-state index contributed by atoms with van der Waals surface area (Å²) in [5, 5.41) is 3.37. The molecule has 0 aliphatic carbocycles. The zero-order valence-corrected chi connectivity index (χ0v) is 11.0. The molecule has 0 bridgehead atoms. The molecule has 0 spiro atoms. The van der Waals surface area contributed by atoms with Crippen LogP contribution in [0.25, 0.3) is 0 Å². The Morgan fingerprint density at radius 2 is 2.25 bits per heavy atom. The smallest absolute Gasteiger partial charge is 0.127 e. The van der Waals surface area contributed by atoms with E-state index in [1.165, 1.54) is 5.56 Å². The minimum Gasteiger partial charge on any atom is -0.377 e. The van der Waals surface area contributed by atoms with Crippen molar-refractivity contribution in [3.63, 3.8) is 0 Å². The monoisotopic (exact) mass is 279 g/mol. The minimum atomic E-state index is 0.728. The van der Waals surface area contributed by atoms with Crippen LogP contribution in [-0.4, -0.2) is 9.55 Å². The van der Waals surface area contributed by atoms with E-state index in [-0.39, 0.29) is 0 Å². The molecule has 3 nitrogen and oxygen atoms in total. The molecule has 1 heterocycles. The second kappa shape index (κ2) is 4.70. The van der Waals surface area contributed by atoms with Crippen molar-refractivity contribution in [2.45, 2.75) is 13.5 Å². The lowest BCUT2D eigenvalue weighted by atomic mass is 10.2. The molecular weight excluding hydrogens is 266 g/mol. The first-order valence-corrected chi connectivity index (χ1v) is 5.93. The molecule has 16 heavy (non-hydrogen) atoms. The van der Waals surface area contributed by atoms with Crippen LogP contribution >= 0.6 is 15.9 Å². The lowest BCUT2D eigenvalue weighted by Gasteiger charge is -2.10. The van der Waals surface area contributed by atoms with Crippen LogP contribution in [0.1, 0.15) is 11.4 Å². The van der Waals surface area contributed by atoms with Gasteiger partial charge in [0.2, 0.25) is 0 Å². The van der Waals surface area contributed by atoms with Crippen molar-refractivity contribution < 1.29 is 0 Å². The predicted octanol–water partition coefficient (Wildman–Crippen LogP) is 3.10. The van der Waals surface area contributed by atoms with Crippen LogP contribution in [0.5, 0.6) is 0 Å². The number of hydrogen-bond donors (Lipinski definition) is 1. The first-order valence-electron chi connectivity index (χ1n) is 5.13. The van der Waals surface area contributed by atoms with Gasteiger partial charge in [0.05, 0.1) is 6.54 Å². The number of rotatable bonds is 3. The maximum Gasteiger partial charge on any atom is 0.127 e. The average Bonchev–Trinajstić information content (AvgIpc) is 2.67. The molecule has 0 aliphatic rings. The number of aryl methyl sites for hydroxylation is 2. The van der Waals surface area contributed by atoms with Gasteiger partial charge < -0.3 is 9.88 Å². The maximum absolute atomic E-state index is 4.27. The van der Waals surface area contributed by atoms with Crippen molar-refractivity contribution in [2.75, 3.05) is 5.32 Å². The van der Waals surface area contributed by atoms with Gasteiger partial charge in [-0.25, -0.2) is 4.98 Å². The molecule has 0 aliphatic heterocycles. The van der Waals surface area contributed by atoms with Gasteiger partial charge in [-0.2, -0.15) is 0 Å². The standard InChI is InChI=1S/C12H14BrN3/c1-9-4-3-5-10(12(9)13)15-8-11-14-6-7-16(11)2/h3-7,15H,8H2,1-2H3. The lowest BCUT2D eigenvalue weighted by Crippen LogP contribution is -2.06. The number of anilines is 1. The first kappa shape index (κ1) is 11.2. The van der Waals surface area contributed by atoms with Gasteiger partial charge in [-0.1, -0.05) is 12.1 Å². The molecular formula is C12H14BrN3. The Morgan fingerprint density at radius 3 is 2.94 bits per heavy atom. The fourth-order valence-electron chi connectivity index (χ4n) is 1.53. The van der Waals surface area contributed by atoms with E-state index in [0.29, 0.717) is 0 Å². The molecule has 0 unspecified atom stereocenters. The van der Waals surface area contributed by atoms with Gasteiger partial charge in [0.25, 0.3) is 0 Å². The first-order chi connectivity index (χ1) is 7.68. The molecule has 84 valence electrons. The van der Waals surface area contributed by atoms with Crippen molar-refractivity contribution in [1.82, 2.24) is 9.55 Å². The zero-order valence-electron chi connectivity index (χ0n) is 9.37. The quantitative estimate of drug-likeness (QED) is 0.936. The lowest BCUT2D eigenvalue weighted by molar-refractivity contribution is 0.812. The SMILES string of the molecule is Cc1cccc(NCc2nccn2C)c1Br. The molecule has 1 aromatic heterocycles. The number of benzene rings is 1. The van der Waals surface area contributed by atoms with Crippen molar-refractivity contribution in [3.05, 3.63) is 46.5 Å². The number of hydrogen-bond acceptors (Lipinski definition) is 2.